The van der Waals surface area contributed by atoms with Crippen LogP contribution in [0.1, 0.15) is 0 Å². The van der Waals surface area contributed by atoms with Crippen LogP contribution in [0.3, 0.4) is 0 Å². The van der Waals surface area contributed by atoms with Gasteiger partial charge in [0, 0.05) is 18.0 Å². The van der Waals surface area contributed by atoms with Gasteiger partial charge in [0.05, 0.1) is 5.02 Å². The van der Waals surface area contributed by atoms with Gasteiger partial charge < -0.3 is 0 Å². The first-order chi connectivity index (χ1) is 5.86. The first-order valence-electron chi connectivity index (χ1n) is 3.23. The highest BCUT2D eigenvalue weighted by Crippen LogP contribution is 2.21. The molecule has 0 saturated carbocycles. The second-order valence-corrected chi connectivity index (χ2v) is 3.41. The van der Waals surface area contributed by atoms with E-state index >= 15 is 0 Å². The molecule has 0 aliphatic carbocycles. The highest BCUT2D eigenvalue weighted by molar-refractivity contribution is 7.12. The molecule has 0 fully saturated rings. The summed E-state index contributed by atoms with van der Waals surface area (Å²) in [4.78, 5) is 3.95. The topological polar surface area (TPSA) is 38.7 Å². The van der Waals surface area contributed by atoms with Crippen molar-refractivity contribution in [2.24, 2.45) is 0 Å². The third kappa shape index (κ3) is 1.44. The van der Waals surface area contributed by atoms with Crippen molar-refractivity contribution in [2.45, 2.75) is 0 Å². The minimum atomic E-state index is 0.614. The molecule has 0 radical (unpaired) electrons. The lowest BCUT2D eigenvalue weighted by Crippen LogP contribution is -1.78. The average Bonchev–Trinajstić information content (AvgIpc) is 2.56. The van der Waals surface area contributed by atoms with Gasteiger partial charge in [0.15, 0.2) is 0 Å². The van der Waals surface area contributed by atoms with Gasteiger partial charge >= 0.3 is 0 Å². The Balaban J connectivity index is 2.48. The van der Waals surface area contributed by atoms with Crippen molar-refractivity contribution < 1.29 is 0 Å². The molecule has 0 saturated heterocycles. The molecule has 12 heavy (non-hydrogen) atoms. The predicted molar refractivity (Wildman–Crippen MR) is 48.2 cm³/mol. The third-order valence-corrected chi connectivity index (χ3v) is 2.26. The summed E-state index contributed by atoms with van der Waals surface area (Å²) in [6, 6.07) is 1.81. The normalized spacial score (nSPS) is 10.1. The molecule has 2 rings (SSSR count). The number of aromatic nitrogens is 3. The zero-order chi connectivity index (χ0) is 8.39. The standard InChI is InChI=1S/C7H4ClN3S/c8-6-1-5(2-9-3-6)7-11-10-4-12-7/h1-4H. The van der Waals surface area contributed by atoms with Gasteiger partial charge in [-0.3, -0.25) is 4.98 Å². The van der Waals surface area contributed by atoms with Crippen LogP contribution in [0.5, 0.6) is 0 Å². The van der Waals surface area contributed by atoms with E-state index in [2.05, 4.69) is 15.2 Å². The van der Waals surface area contributed by atoms with Crippen LogP contribution < -0.4 is 0 Å². The summed E-state index contributed by atoms with van der Waals surface area (Å²) in [5, 5.41) is 9.07. The number of nitrogens with zero attached hydrogens (tertiary/aromatic N) is 3. The molecule has 0 amide bonds. The molecular formula is C7H4ClN3S. The maximum absolute atomic E-state index is 5.76. The molecule has 0 atom stereocenters. The van der Waals surface area contributed by atoms with E-state index in [4.69, 9.17) is 11.6 Å². The number of hydrogen-bond acceptors (Lipinski definition) is 4. The van der Waals surface area contributed by atoms with E-state index in [-0.39, 0.29) is 0 Å². The summed E-state index contributed by atoms with van der Waals surface area (Å²) in [5.74, 6) is 0. The van der Waals surface area contributed by atoms with E-state index in [9.17, 15) is 0 Å². The van der Waals surface area contributed by atoms with Gasteiger partial charge in [-0.2, -0.15) is 0 Å². The molecule has 0 aromatic carbocycles. The van der Waals surface area contributed by atoms with Crippen LogP contribution in [0.25, 0.3) is 10.6 Å². The number of pyridine rings is 1. The maximum atomic E-state index is 5.76. The van der Waals surface area contributed by atoms with E-state index in [1.54, 1.807) is 17.9 Å². The molecule has 2 aromatic rings. The quantitative estimate of drug-likeness (QED) is 0.704. The summed E-state index contributed by atoms with van der Waals surface area (Å²) in [5.41, 5.74) is 2.58. The summed E-state index contributed by atoms with van der Waals surface area (Å²) < 4.78 is 0. The van der Waals surface area contributed by atoms with Gasteiger partial charge in [-0.15, -0.1) is 10.2 Å². The van der Waals surface area contributed by atoms with Crippen molar-refractivity contribution in [3.05, 3.63) is 29.0 Å². The minimum Gasteiger partial charge on any atom is -0.262 e. The first-order valence-corrected chi connectivity index (χ1v) is 4.49. The summed E-state index contributed by atoms with van der Waals surface area (Å²) >= 11 is 7.22. The van der Waals surface area contributed by atoms with E-state index in [0.717, 1.165) is 10.6 Å². The average molecular weight is 198 g/mol. The Bertz CT molecular complexity index is 374. The molecule has 0 spiro atoms. The van der Waals surface area contributed by atoms with Crippen molar-refractivity contribution in [3.63, 3.8) is 0 Å². The Morgan fingerprint density at radius 1 is 1.33 bits per heavy atom. The van der Waals surface area contributed by atoms with Crippen molar-refractivity contribution in [1.82, 2.24) is 15.2 Å². The lowest BCUT2D eigenvalue weighted by Gasteiger charge is -1.93. The fourth-order valence-electron chi connectivity index (χ4n) is 0.828. The Kier molecular flexibility index (Phi) is 2.01. The van der Waals surface area contributed by atoms with Crippen molar-refractivity contribution in [3.8, 4) is 10.6 Å². The van der Waals surface area contributed by atoms with Crippen molar-refractivity contribution in [1.29, 1.82) is 0 Å². The van der Waals surface area contributed by atoms with Gasteiger partial charge in [-0.25, -0.2) is 0 Å². The fourth-order valence-corrected chi connectivity index (χ4v) is 1.54. The zero-order valence-electron chi connectivity index (χ0n) is 5.94. The molecule has 5 heteroatoms. The molecule has 0 aliphatic rings. The van der Waals surface area contributed by atoms with Crippen LogP contribution in [0.2, 0.25) is 5.02 Å². The van der Waals surface area contributed by atoms with Crippen LogP contribution in [-0.2, 0) is 0 Å². The van der Waals surface area contributed by atoms with Crippen LogP contribution in [-0.4, -0.2) is 15.2 Å². The Morgan fingerprint density at radius 2 is 2.25 bits per heavy atom. The molecule has 3 nitrogen and oxygen atoms in total. The Labute approximate surface area is 78.1 Å². The van der Waals surface area contributed by atoms with Gasteiger partial charge in [0.25, 0.3) is 0 Å². The first kappa shape index (κ1) is 7.64. The highest BCUT2D eigenvalue weighted by atomic mass is 35.5. The van der Waals surface area contributed by atoms with E-state index in [1.807, 2.05) is 6.07 Å². The Morgan fingerprint density at radius 3 is 2.92 bits per heavy atom. The molecule has 0 bridgehead atoms. The molecular weight excluding hydrogens is 194 g/mol. The second-order valence-electron chi connectivity index (χ2n) is 2.14. The Hall–Kier alpha value is -1.000. The molecule has 2 aromatic heterocycles. The predicted octanol–water partition coefficient (Wildman–Crippen LogP) is 2.25. The van der Waals surface area contributed by atoms with Crippen LogP contribution in [0.4, 0.5) is 0 Å². The molecule has 0 N–H and O–H groups in total. The van der Waals surface area contributed by atoms with Gasteiger partial charge in [-0.05, 0) is 6.07 Å². The van der Waals surface area contributed by atoms with Gasteiger partial charge in [-0.1, -0.05) is 22.9 Å². The summed E-state index contributed by atoms with van der Waals surface area (Å²) in [6.45, 7) is 0. The van der Waals surface area contributed by atoms with E-state index in [0.29, 0.717) is 5.02 Å². The molecule has 0 unspecified atom stereocenters. The van der Waals surface area contributed by atoms with E-state index < -0.39 is 0 Å². The SMILES string of the molecule is Clc1cncc(-c2nncs2)c1. The van der Waals surface area contributed by atoms with Crippen LogP contribution >= 0.6 is 22.9 Å². The minimum absolute atomic E-state index is 0.614. The number of halogens is 1. The summed E-state index contributed by atoms with van der Waals surface area (Å²) in [7, 11) is 0. The monoisotopic (exact) mass is 197 g/mol. The smallest absolute Gasteiger partial charge is 0.149 e. The van der Waals surface area contributed by atoms with Crippen molar-refractivity contribution in [2.75, 3.05) is 0 Å². The maximum Gasteiger partial charge on any atom is 0.149 e. The molecule has 2 heterocycles. The van der Waals surface area contributed by atoms with Gasteiger partial charge in [0.1, 0.15) is 10.5 Å². The fraction of sp³-hybridized carbons (Fsp3) is 0. The van der Waals surface area contributed by atoms with Crippen LogP contribution in [0, 0.1) is 0 Å². The number of hydrogen-bond donors (Lipinski definition) is 0. The number of rotatable bonds is 1. The summed E-state index contributed by atoms with van der Waals surface area (Å²) in [6.07, 6.45) is 3.30. The lowest BCUT2D eigenvalue weighted by atomic mass is 10.3. The highest BCUT2D eigenvalue weighted by Gasteiger charge is 2.01. The zero-order valence-corrected chi connectivity index (χ0v) is 7.51. The van der Waals surface area contributed by atoms with E-state index in [1.165, 1.54) is 11.3 Å². The molecule has 60 valence electrons. The van der Waals surface area contributed by atoms with Gasteiger partial charge in [0.2, 0.25) is 0 Å². The molecule has 0 aliphatic heterocycles. The second kappa shape index (κ2) is 3.16. The van der Waals surface area contributed by atoms with Crippen molar-refractivity contribution >= 4 is 22.9 Å². The largest absolute Gasteiger partial charge is 0.262 e. The third-order valence-electron chi connectivity index (χ3n) is 1.31. The lowest BCUT2D eigenvalue weighted by molar-refractivity contribution is 1.09. The van der Waals surface area contributed by atoms with Crippen LogP contribution in [0.15, 0.2) is 24.0 Å².